The molecular weight excluding hydrogens is 332 g/mol. The molecule has 5 heteroatoms. The van der Waals surface area contributed by atoms with Gasteiger partial charge in [0.1, 0.15) is 0 Å². The molecule has 0 spiro atoms. The topological polar surface area (TPSA) is 35.7 Å². The third-order valence-corrected chi connectivity index (χ3v) is 5.93. The molecule has 0 aliphatic carbocycles. The van der Waals surface area contributed by atoms with Gasteiger partial charge in [0.05, 0.1) is 13.2 Å². The fourth-order valence-corrected chi connectivity index (χ4v) is 4.77. The summed E-state index contributed by atoms with van der Waals surface area (Å²) in [6, 6.07) is 18.1. The lowest BCUT2D eigenvalue weighted by atomic mass is 10.0. The van der Waals surface area contributed by atoms with Crippen LogP contribution in [0.4, 0.5) is 5.69 Å². The number of benzene rings is 2. The molecule has 0 saturated carbocycles. The molecule has 0 fully saturated rings. The first-order chi connectivity index (χ1) is 12.2. The van der Waals surface area contributed by atoms with Gasteiger partial charge in [0.25, 0.3) is 5.72 Å². The maximum absolute atomic E-state index is 11.6. The highest BCUT2D eigenvalue weighted by molar-refractivity contribution is 8.13. The van der Waals surface area contributed by atoms with Crippen LogP contribution in [0.5, 0.6) is 5.75 Å². The highest BCUT2D eigenvalue weighted by Crippen LogP contribution is 2.40. The van der Waals surface area contributed by atoms with Gasteiger partial charge >= 0.3 is 5.17 Å². The Morgan fingerprint density at radius 3 is 2.72 bits per heavy atom. The molecule has 4 rings (SSSR count). The lowest BCUT2D eigenvalue weighted by molar-refractivity contribution is -0.656. The van der Waals surface area contributed by atoms with E-state index in [0.717, 1.165) is 40.9 Å². The first-order valence-electron chi connectivity index (χ1n) is 8.78. The molecule has 0 amide bonds. The Hall–Kier alpha value is -1.98. The smallest absolute Gasteiger partial charge is 0.316 e. The number of ether oxygens (including phenoxy) is 1. The second-order valence-corrected chi connectivity index (χ2v) is 7.37. The number of hydrogen-bond acceptors (Lipinski definition) is 4. The molecule has 0 radical (unpaired) electrons. The van der Waals surface area contributed by atoms with Crippen LogP contribution in [0.2, 0.25) is 0 Å². The van der Waals surface area contributed by atoms with Gasteiger partial charge in [-0.15, -0.1) is 0 Å². The molecule has 4 nitrogen and oxygen atoms in total. The van der Waals surface area contributed by atoms with Crippen LogP contribution in [0.3, 0.4) is 0 Å². The fourth-order valence-electron chi connectivity index (χ4n) is 3.60. The third-order valence-electron chi connectivity index (χ3n) is 4.74. The zero-order valence-electron chi connectivity index (χ0n) is 14.4. The summed E-state index contributed by atoms with van der Waals surface area (Å²) < 4.78 is 7.99. The molecule has 2 aliphatic heterocycles. The van der Waals surface area contributed by atoms with Crippen molar-refractivity contribution in [1.82, 2.24) is 0 Å². The molecule has 2 aromatic rings. The monoisotopic (exact) mass is 355 g/mol. The zero-order valence-corrected chi connectivity index (χ0v) is 15.2. The quantitative estimate of drug-likeness (QED) is 0.854. The highest BCUT2D eigenvalue weighted by Gasteiger charge is 2.53. The van der Waals surface area contributed by atoms with Crippen molar-refractivity contribution >= 4 is 22.6 Å². The van der Waals surface area contributed by atoms with E-state index >= 15 is 0 Å². The van der Waals surface area contributed by atoms with E-state index in [9.17, 15) is 5.11 Å². The fraction of sp³-hybridized carbons (Fsp3) is 0.350. The summed E-state index contributed by atoms with van der Waals surface area (Å²) in [6.07, 6.45) is 1.07. The van der Waals surface area contributed by atoms with Gasteiger partial charge in [0.2, 0.25) is 0 Å². The molecule has 1 N–H and O–H groups in total. The standard InChI is InChI=1S/C20H23N2O2S/c1-2-24-18-12-7-6-11-17(18)21-15-20(23,16-9-4-3-5-10-16)22-13-8-14-25-19(21)22/h3-7,9-12,23H,2,8,13-15H2,1H3/q+1. The van der Waals surface area contributed by atoms with Crippen molar-refractivity contribution in [1.29, 1.82) is 0 Å². The molecule has 2 heterocycles. The van der Waals surface area contributed by atoms with Crippen LogP contribution in [-0.2, 0) is 5.72 Å². The first-order valence-corrected chi connectivity index (χ1v) is 9.77. The van der Waals surface area contributed by atoms with Crippen LogP contribution in [-0.4, -0.2) is 40.3 Å². The number of thioether (sulfide) groups is 1. The van der Waals surface area contributed by atoms with Gasteiger partial charge in [-0.3, -0.25) is 0 Å². The number of anilines is 1. The van der Waals surface area contributed by atoms with E-state index < -0.39 is 5.72 Å². The van der Waals surface area contributed by atoms with Crippen molar-refractivity contribution in [2.75, 3.05) is 30.3 Å². The molecule has 2 aliphatic rings. The largest absolute Gasteiger partial charge is 0.489 e. The summed E-state index contributed by atoms with van der Waals surface area (Å²) in [5.74, 6) is 1.94. The maximum atomic E-state index is 11.6. The van der Waals surface area contributed by atoms with Crippen molar-refractivity contribution in [2.45, 2.75) is 19.1 Å². The summed E-state index contributed by atoms with van der Waals surface area (Å²) >= 11 is 1.81. The predicted molar refractivity (Wildman–Crippen MR) is 103 cm³/mol. The molecule has 0 bridgehead atoms. The number of nitrogens with zero attached hydrogens (tertiary/aromatic N) is 2. The van der Waals surface area contributed by atoms with Crippen LogP contribution < -0.4 is 9.64 Å². The minimum absolute atomic E-state index is 0.503. The van der Waals surface area contributed by atoms with E-state index in [4.69, 9.17) is 4.74 Å². The van der Waals surface area contributed by atoms with Gasteiger partial charge in [-0.25, -0.2) is 9.48 Å². The van der Waals surface area contributed by atoms with Gasteiger partial charge in [-0.1, -0.05) is 42.5 Å². The second-order valence-electron chi connectivity index (χ2n) is 6.31. The molecule has 1 unspecified atom stereocenters. The maximum Gasteiger partial charge on any atom is 0.316 e. The summed E-state index contributed by atoms with van der Waals surface area (Å²) in [7, 11) is 0. The Morgan fingerprint density at radius 1 is 1.16 bits per heavy atom. The Balaban J connectivity index is 1.80. The van der Waals surface area contributed by atoms with Crippen LogP contribution in [0, 0.1) is 0 Å². The highest BCUT2D eigenvalue weighted by atomic mass is 32.2. The van der Waals surface area contributed by atoms with E-state index in [1.165, 1.54) is 0 Å². The molecule has 130 valence electrons. The number of hydrogen-bond donors (Lipinski definition) is 1. The van der Waals surface area contributed by atoms with Gasteiger partial charge < -0.3 is 9.84 Å². The Kier molecular flexibility index (Phi) is 4.44. The SMILES string of the molecule is CCOc1ccccc1N1CC(O)(c2ccccc2)[N+]2=C1SCCC2. The molecule has 2 aromatic carbocycles. The average Bonchev–Trinajstić information content (AvgIpc) is 2.98. The Bertz CT molecular complexity index is 793. The summed E-state index contributed by atoms with van der Waals surface area (Å²) in [6.45, 7) is 3.99. The number of rotatable bonds is 4. The van der Waals surface area contributed by atoms with Crippen molar-refractivity contribution < 1.29 is 14.4 Å². The van der Waals surface area contributed by atoms with E-state index in [1.807, 2.05) is 67.2 Å². The van der Waals surface area contributed by atoms with Crippen LogP contribution in [0.15, 0.2) is 54.6 Å². The average molecular weight is 355 g/mol. The Morgan fingerprint density at radius 2 is 1.92 bits per heavy atom. The zero-order chi connectivity index (χ0) is 17.3. The normalized spacial score (nSPS) is 22.9. The molecule has 0 saturated heterocycles. The van der Waals surface area contributed by atoms with Gasteiger partial charge in [0, 0.05) is 11.3 Å². The predicted octanol–water partition coefficient (Wildman–Crippen LogP) is 3.26. The summed E-state index contributed by atoms with van der Waals surface area (Å²) in [4.78, 5) is 2.21. The number of β-amino-alcohol motifs (C(OH)–C–C–N with tert-alkyl or cyclic N) is 1. The number of amidine groups is 1. The molecular formula is C20H23N2O2S+. The van der Waals surface area contributed by atoms with Crippen LogP contribution >= 0.6 is 11.8 Å². The lowest BCUT2D eigenvalue weighted by Gasteiger charge is -2.24. The third kappa shape index (κ3) is 2.81. The van der Waals surface area contributed by atoms with Gasteiger partial charge in [-0.2, -0.15) is 0 Å². The first kappa shape index (κ1) is 16.5. The second kappa shape index (κ2) is 6.73. The van der Waals surface area contributed by atoms with E-state index in [2.05, 4.69) is 15.5 Å². The van der Waals surface area contributed by atoms with Crippen LogP contribution in [0.25, 0.3) is 0 Å². The molecule has 0 aromatic heterocycles. The van der Waals surface area contributed by atoms with Gasteiger partial charge in [-0.05, 0) is 37.2 Å². The lowest BCUT2D eigenvalue weighted by Crippen LogP contribution is -2.41. The van der Waals surface area contributed by atoms with Crippen molar-refractivity contribution in [2.24, 2.45) is 0 Å². The summed E-state index contributed by atoms with van der Waals surface area (Å²) in [5.41, 5.74) is 0.945. The van der Waals surface area contributed by atoms with Crippen LogP contribution in [0.1, 0.15) is 18.9 Å². The van der Waals surface area contributed by atoms with Crippen molar-refractivity contribution in [3.05, 3.63) is 60.2 Å². The van der Waals surface area contributed by atoms with Gasteiger partial charge in [0.15, 0.2) is 18.0 Å². The Labute approximate surface area is 152 Å². The molecule has 25 heavy (non-hydrogen) atoms. The molecule has 1 atom stereocenters. The van der Waals surface area contributed by atoms with E-state index in [-0.39, 0.29) is 0 Å². The number of aliphatic hydroxyl groups is 1. The minimum atomic E-state index is -1.01. The van der Waals surface area contributed by atoms with E-state index in [0.29, 0.717) is 13.2 Å². The summed E-state index contributed by atoms with van der Waals surface area (Å²) in [5, 5.41) is 12.7. The van der Waals surface area contributed by atoms with E-state index in [1.54, 1.807) is 0 Å². The van der Waals surface area contributed by atoms with Crippen molar-refractivity contribution in [3.8, 4) is 5.75 Å². The number of para-hydroxylation sites is 2. The van der Waals surface area contributed by atoms with Crippen molar-refractivity contribution in [3.63, 3.8) is 0 Å². The minimum Gasteiger partial charge on any atom is -0.489 e.